The fourth-order valence-corrected chi connectivity index (χ4v) is 2.92. The summed E-state index contributed by atoms with van der Waals surface area (Å²) >= 11 is 0. The van der Waals surface area contributed by atoms with Crippen molar-refractivity contribution >= 4 is 0 Å². The highest BCUT2D eigenvalue weighted by Crippen LogP contribution is 2.36. The van der Waals surface area contributed by atoms with E-state index in [1.54, 1.807) is 6.26 Å². The van der Waals surface area contributed by atoms with Crippen LogP contribution in [-0.4, -0.2) is 16.8 Å². The van der Waals surface area contributed by atoms with Crippen LogP contribution in [0.25, 0.3) is 34.1 Å². The molecule has 5 heteroatoms. The summed E-state index contributed by atoms with van der Waals surface area (Å²) in [5.74, 6) is 2.75. The number of ether oxygens (including phenoxy) is 2. The number of nitrogens with zero attached hydrogens (tertiary/aromatic N) is 2. The zero-order chi connectivity index (χ0) is 17.3. The molecular weight excluding hydrogens is 328 g/mol. The highest BCUT2D eigenvalue weighted by molar-refractivity contribution is 5.71. The van der Waals surface area contributed by atoms with Gasteiger partial charge < -0.3 is 13.9 Å². The van der Waals surface area contributed by atoms with E-state index in [4.69, 9.17) is 23.9 Å². The lowest BCUT2D eigenvalue weighted by atomic mass is 10.1. The van der Waals surface area contributed by atoms with Gasteiger partial charge in [-0.05, 0) is 36.4 Å². The van der Waals surface area contributed by atoms with Gasteiger partial charge in [-0.3, -0.25) is 0 Å². The minimum atomic E-state index is 0.237. The fourth-order valence-electron chi connectivity index (χ4n) is 2.92. The molecule has 0 spiro atoms. The molecule has 1 aliphatic heterocycles. The lowest BCUT2D eigenvalue weighted by Gasteiger charge is -2.08. The van der Waals surface area contributed by atoms with E-state index in [0.717, 1.165) is 28.3 Å². The van der Waals surface area contributed by atoms with Crippen molar-refractivity contribution in [3.8, 4) is 45.6 Å². The van der Waals surface area contributed by atoms with E-state index in [-0.39, 0.29) is 6.79 Å². The lowest BCUT2D eigenvalue weighted by molar-refractivity contribution is 0.174. The second-order valence-corrected chi connectivity index (χ2v) is 5.87. The molecule has 126 valence electrons. The summed E-state index contributed by atoms with van der Waals surface area (Å²) in [6, 6.07) is 21.4. The summed E-state index contributed by atoms with van der Waals surface area (Å²) < 4.78 is 16.4. The number of fused-ring (bicyclic) bond motifs is 1. The van der Waals surface area contributed by atoms with Gasteiger partial charge in [0, 0.05) is 11.1 Å². The van der Waals surface area contributed by atoms with Crippen molar-refractivity contribution < 1.29 is 13.9 Å². The lowest BCUT2D eigenvalue weighted by Crippen LogP contribution is -1.95. The van der Waals surface area contributed by atoms with Crippen molar-refractivity contribution in [3.63, 3.8) is 0 Å². The Morgan fingerprint density at radius 2 is 1.54 bits per heavy atom. The molecule has 0 N–H and O–H groups in total. The Balaban J connectivity index is 1.68. The first-order chi connectivity index (χ1) is 12.9. The van der Waals surface area contributed by atoms with Gasteiger partial charge in [-0.15, -0.1) is 0 Å². The second-order valence-electron chi connectivity index (χ2n) is 5.87. The Bertz CT molecular complexity index is 1060. The minimum absolute atomic E-state index is 0.237. The third-order valence-electron chi connectivity index (χ3n) is 4.20. The first-order valence-corrected chi connectivity index (χ1v) is 8.25. The first-order valence-electron chi connectivity index (χ1n) is 8.25. The second kappa shape index (κ2) is 6.04. The van der Waals surface area contributed by atoms with Crippen LogP contribution < -0.4 is 9.47 Å². The van der Waals surface area contributed by atoms with Gasteiger partial charge in [0.25, 0.3) is 0 Å². The molecule has 0 bridgehead atoms. The first kappa shape index (κ1) is 14.7. The molecule has 0 unspecified atom stereocenters. The van der Waals surface area contributed by atoms with Crippen LogP contribution in [0, 0.1) is 0 Å². The Hall–Kier alpha value is -3.60. The number of benzene rings is 2. The normalized spacial score (nSPS) is 12.3. The SMILES string of the molecule is c1ccc(-c2cc(-c3ccco3)nc(-c3ccc4c(c3)OCO4)n2)cc1. The van der Waals surface area contributed by atoms with Gasteiger partial charge in [0.1, 0.15) is 5.69 Å². The third-order valence-corrected chi connectivity index (χ3v) is 4.20. The van der Waals surface area contributed by atoms with Crippen molar-refractivity contribution in [2.45, 2.75) is 0 Å². The zero-order valence-electron chi connectivity index (χ0n) is 13.8. The van der Waals surface area contributed by atoms with E-state index in [1.165, 1.54) is 0 Å². The van der Waals surface area contributed by atoms with Gasteiger partial charge in [-0.25, -0.2) is 9.97 Å². The van der Waals surface area contributed by atoms with E-state index in [2.05, 4.69) is 0 Å². The Morgan fingerprint density at radius 1 is 0.692 bits per heavy atom. The predicted octanol–water partition coefficient (Wildman–Crippen LogP) is 4.80. The van der Waals surface area contributed by atoms with Crippen LogP contribution in [0.5, 0.6) is 11.5 Å². The molecule has 0 fully saturated rings. The number of furan rings is 1. The standard InChI is InChI=1S/C21H14N2O3/c1-2-5-14(6-3-1)16-12-17(18-7-4-10-24-18)23-21(22-16)15-8-9-19-20(11-15)26-13-25-19/h1-12H,13H2. The Kier molecular flexibility index (Phi) is 3.42. The average molecular weight is 342 g/mol. The summed E-state index contributed by atoms with van der Waals surface area (Å²) in [6.07, 6.45) is 1.64. The molecule has 4 aromatic rings. The van der Waals surface area contributed by atoms with Gasteiger partial charge >= 0.3 is 0 Å². The molecule has 26 heavy (non-hydrogen) atoms. The Morgan fingerprint density at radius 3 is 2.38 bits per heavy atom. The summed E-state index contributed by atoms with van der Waals surface area (Å²) in [6.45, 7) is 0.237. The number of rotatable bonds is 3. The number of hydrogen-bond donors (Lipinski definition) is 0. The van der Waals surface area contributed by atoms with Gasteiger partial charge in [0.05, 0.1) is 12.0 Å². The highest BCUT2D eigenvalue weighted by atomic mass is 16.7. The predicted molar refractivity (Wildman–Crippen MR) is 96.7 cm³/mol. The van der Waals surface area contributed by atoms with Crippen LogP contribution in [0.1, 0.15) is 0 Å². The van der Waals surface area contributed by atoms with E-state index in [0.29, 0.717) is 17.3 Å². The largest absolute Gasteiger partial charge is 0.463 e. The summed E-state index contributed by atoms with van der Waals surface area (Å²) in [5.41, 5.74) is 3.45. The molecular formula is C21H14N2O3. The van der Waals surface area contributed by atoms with E-state index in [1.807, 2.05) is 66.7 Å². The number of aromatic nitrogens is 2. The molecule has 0 saturated heterocycles. The zero-order valence-corrected chi connectivity index (χ0v) is 13.8. The maximum Gasteiger partial charge on any atom is 0.231 e. The van der Waals surface area contributed by atoms with Crippen molar-refractivity contribution in [1.82, 2.24) is 9.97 Å². The van der Waals surface area contributed by atoms with Crippen LogP contribution in [0.2, 0.25) is 0 Å². The molecule has 1 aliphatic rings. The van der Waals surface area contributed by atoms with Gasteiger partial charge in [0.2, 0.25) is 6.79 Å². The maximum atomic E-state index is 5.54. The summed E-state index contributed by atoms with van der Waals surface area (Å²) in [5, 5.41) is 0. The summed E-state index contributed by atoms with van der Waals surface area (Å²) in [7, 11) is 0. The summed E-state index contributed by atoms with van der Waals surface area (Å²) in [4.78, 5) is 9.46. The molecule has 0 amide bonds. The van der Waals surface area contributed by atoms with Crippen molar-refractivity contribution in [1.29, 1.82) is 0 Å². The molecule has 0 saturated carbocycles. The van der Waals surface area contributed by atoms with Crippen LogP contribution in [-0.2, 0) is 0 Å². The average Bonchev–Trinajstić information content (AvgIpc) is 3.39. The van der Waals surface area contributed by atoms with E-state index >= 15 is 0 Å². The molecule has 5 nitrogen and oxygen atoms in total. The van der Waals surface area contributed by atoms with Crippen LogP contribution in [0.15, 0.2) is 77.4 Å². The van der Waals surface area contributed by atoms with Gasteiger partial charge in [-0.1, -0.05) is 30.3 Å². The van der Waals surface area contributed by atoms with E-state index < -0.39 is 0 Å². The maximum absolute atomic E-state index is 5.54. The minimum Gasteiger partial charge on any atom is -0.463 e. The van der Waals surface area contributed by atoms with Crippen molar-refractivity contribution in [2.24, 2.45) is 0 Å². The van der Waals surface area contributed by atoms with Gasteiger partial charge in [0.15, 0.2) is 23.1 Å². The number of hydrogen-bond acceptors (Lipinski definition) is 5. The van der Waals surface area contributed by atoms with Crippen molar-refractivity contribution in [2.75, 3.05) is 6.79 Å². The quantitative estimate of drug-likeness (QED) is 0.535. The van der Waals surface area contributed by atoms with Crippen molar-refractivity contribution in [3.05, 3.63) is 73.0 Å². The van der Waals surface area contributed by atoms with E-state index in [9.17, 15) is 0 Å². The molecule has 2 aromatic carbocycles. The molecule has 2 aromatic heterocycles. The molecule has 5 rings (SSSR count). The highest BCUT2D eigenvalue weighted by Gasteiger charge is 2.17. The van der Waals surface area contributed by atoms with Crippen LogP contribution in [0.3, 0.4) is 0 Å². The molecule has 0 atom stereocenters. The smallest absolute Gasteiger partial charge is 0.231 e. The molecule has 0 radical (unpaired) electrons. The molecule has 3 heterocycles. The molecule has 0 aliphatic carbocycles. The third kappa shape index (κ3) is 2.59. The van der Waals surface area contributed by atoms with Crippen LogP contribution in [0.4, 0.5) is 0 Å². The Labute approximate surface area is 149 Å². The fraction of sp³-hybridized carbons (Fsp3) is 0.0476. The topological polar surface area (TPSA) is 57.4 Å². The van der Waals surface area contributed by atoms with Gasteiger partial charge in [-0.2, -0.15) is 0 Å². The van der Waals surface area contributed by atoms with Crippen LogP contribution >= 0.6 is 0 Å². The monoisotopic (exact) mass is 342 g/mol.